The Kier molecular flexibility index (Phi) is 4.93. The van der Waals surface area contributed by atoms with E-state index in [0.29, 0.717) is 5.76 Å². The molecule has 1 N–H and O–H groups in total. The van der Waals surface area contributed by atoms with Crippen molar-refractivity contribution in [1.29, 1.82) is 0 Å². The second-order valence-electron chi connectivity index (χ2n) is 2.35. The SMILES string of the molecule is C=C(OC)/C(O)=C(\C=C/C)CC. The van der Waals surface area contributed by atoms with E-state index in [-0.39, 0.29) is 5.76 Å². The molecule has 0 aliphatic heterocycles. The van der Waals surface area contributed by atoms with Crippen molar-refractivity contribution in [2.45, 2.75) is 20.3 Å². The average molecular weight is 168 g/mol. The Morgan fingerprint density at radius 3 is 2.50 bits per heavy atom. The summed E-state index contributed by atoms with van der Waals surface area (Å²) in [5.74, 6) is 0.447. The van der Waals surface area contributed by atoms with E-state index in [1.54, 1.807) is 0 Å². The Balaban J connectivity index is 4.70. The zero-order chi connectivity index (χ0) is 9.56. The van der Waals surface area contributed by atoms with Crippen LogP contribution in [0, 0.1) is 0 Å². The Morgan fingerprint density at radius 1 is 1.58 bits per heavy atom. The molecule has 0 aliphatic rings. The number of hydrogen-bond donors (Lipinski definition) is 1. The van der Waals surface area contributed by atoms with E-state index in [1.165, 1.54) is 7.11 Å². The maximum atomic E-state index is 9.51. The Hall–Kier alpha value is -1.18. The van der Waals surface area contributed by atoms with Crippen LogP contribution in [0.25, 0.3) is 0 Å². The van der Waals surface area contributed by atoms with Crippen molar-refractivity contribution in [3.63, 3.8) is 0 Å². The zero-order valence-electron chi connectivity index (χ0n) is 7.92. The van der Waals surface area contributed by atoms with Gasteiger partial charge in [-0.25, -0.2) is 0 Å². The van der Waals surface area contributed by atoms with Crippen LogP contribution >= 0.6 is 0 Å². The molecular weight excluding hydrogens is 152 g/mol. The van der Waals surface area contributed by atoms with Gasteiger partial charge in [-0.1, -0.05) is 25.7 Å². The summed E-state index contributed by atoms with van der Waals surface area (Å²) in [6, 6.07) is 0. The minimum absolute atomic E-state index is 0.137. The minimum Gasteiger partial charge on any atom is -0.504 e. The molecule has 0 saturated heterocycles. The lowest BCUT2D eigenvalue weighted by atomic mass is 10.1. The molecular formula is C10H16O2. The number of rotatable bonds is 4. The summed E-state index contributed by atoms with van der Waals surface area (Å²) in [5.41, 5.74) is 0.837. The van der Waals surface area contributed by atoms with Gasteiger partial charge in [0.25, 0.3) is 0 Å². The first-order chi connectivity index (χ1) is 5.67. The topological polar surface area (TPSA) is 29.5 Å². The molecule has 0 amide bonds. The van der Waals surface area contributed by atoms with Crippen LogP contribution in [0.3, 0.4) is 0 Å². The Labute approximate surface area is 73.9 Å². The first kappa shape index (κ1) is 10.8. The van der Waals surface area contributed by atoms with Gasteiger partial charge in [-0.3, -0.25) is 0 Å². The smallest absolute Gasteiger partial charge is 0.160 e. The fraction of sp³-hybridized carbons (Fsp3) is 0.400. The quantitative estimate of drug-likeness (QED) is 0.516. The molecule has 12 heavy (non-hydrogen) atoms. The molecule has 0 aliphatic carbocycles. The molecule has 0 rings (SSSR count). The highest BCUT2D eigenvalue weighted by atomic mass is 16.5. The van der Waals surface area contributed by atoms with Crippen LogP contribution in [0.1, 0.15) is 20.3 Å². The van der Waals surface area contributed by atoms with Gasteiger partial charge < -0.3 is 9.84 Å². The van der Waals surface area contributed by atoms with Gasteiger partial charge in [-0.05, 0) is 18.9 Å². The van der Waals surface area contributed by atoms with Gasteiger partial charge in [-0.15, -0.1) is 0 Å². The lowest BCUT2D eigenvalue weighted by molar-refractivity contribution is 0.256. The van der Waals surface area contributed by atoms with Crippen LogP contribution < -0.4 is 0 Å². The van der Waals surface area contributed by atoms with E-state index in [9.17, 15) is 5.11 Å². The molecule has 0 radical (unpaired) electrons. The molecule has 0 aromatic rings. The van der Waals surface area contributed by atoms with Crippen LogP contribution in [-0.2, 0) is 4.74 Å². The molecule has 68 valence electrons. The van der Waals surface area contributed by atoms with Gasteiger partial charge in [0.05, 0.1) is 7.11 Å². The zero-order valence-corrected chi connectivity index (χ0v) is 7.92. The predicted octanol–water partition coefficient (Wildman–Crippen LogP) is 2.94. The first-order valence-electron chi connectivity index (χ1n) is 3.95. The summed E-state index contributed by atoms with van der Waals surface area (Å²) in [6.07, 6.45) is 4.48. The lowest BCUT2D eigenvalue weighted by Gasteiger charge is -2.06. The fourth-order valence-electron chi connectivity index (χ4n) is 0.841. The van der Waals surface area contributed by atoms with Crippen molar-refractivity contribution >= 4 is 0 Å². The predicted molar refractivity (Wildman–Crippen MR) is 50.9 cm³/mol. The first-order valence-corrected chi connectivity index (χ1v) is 3.95. The van der Waals surface area contributed by atoms with Crippen LogP contribution in [0.2, 0.25) is 0 Å². The third-order valence-electron chi connectivity index (χ3n) is 1.56. The summed E-state index contributed by atoms with van der Waals surface area (Å²) in [4.78, 5) is 0. The molecule has 0 spiro atoms. The second kappa shape index (κ2) is 5.47. The fourth-order valence-corrected chi connectivity index (χ4v) is 0.841. The summed E-state index contributed by atoms with van der Waals surface area (Å²) in [5, 5.41) is 9.51. The standard InChI is InChI=1S/C10H16O2/c1-5-7-9(6-2)10(11)8(3)12-4/h5,7,11H,3,6H2,1-2,4H3/b7-5-,10-9+. The average Bonchev–Trinajstić information content (AvgIpc) is 2.11. The molecule has 0 atom stereocenters. The van der Waals surface area contributed by atoms with E-state index in [0.717, 1.165) is 12.0 Å². The van der Waals surface area contributed by atoms with Crippen molar-refractivity contribution in [1.82, 2.24) is 0 Å². The normalized spacial score (nSPS) is 12.9. The molecule has 0 aromatic carbocycles. The summed E-state index contributed by atoms with van der Waals surface area (Å²) < 4.78 is 4.80. The van der Waals surface area contributed by atoms with Crippen LogP contribution in [0.4, 0.5) is 0 Å². The van der Waals surface area contributed by atoms with Crippen molar-refractivity contribution in [3.8, 4) is 0 Å². The highest BCUT2D eigenvalue weighted by Crippen LogP contribution is 2.14. The maximum Gasteiger partial charge on any atom is 0.160 e. The third kappa shape index (κ3) is 2.82. The Bertz CT molecular complexity index is 212. The molecule has 2 heteroatoms. The molecule has 0 fully saturated rings. The molecule has 0 unspecified atom stereocenters. The minimum atomic E-state index is 0.137. The highest BCUT2D eigenvalue weighted by molar-refractivity contribution is 5.30. The molecule has 0 aromatic heterocycles. The number of ether oxygens (including phenoxy) is 1. The van der Waals surface area contributed by atoms with Crippen molar-refractivity contribution in [2.24, 2.45) is 0 Å². The van der Waals surface area contributed by atoms with E-state index < -0.39 is 0 Å². The molecule has 0 saturated carbocycles. The van der Waals surface area contributed by atoms with E-state index in [1.807, 2.05) is 26.0 Å². The van der Waals surface area contributed by atoms with Gasteiger partial charge in [0.1, 0.15) is 0 Å². The number of hydrogen-bond acceptors (Lipinski definition) is 2. The monoisotopic (exact) mass is 168 g/mol. The largest absolute Gasteiger partial charge is 0.504 e. The Morgan fingerprint density at radius 2 is 2.17 bits per heavy atom. The molecule has 0 heterocycles. The van der Waals surface area contributed by atoms with Crippen molar-refractivity contribution in [3.05, 3.63) is 35.8 Å². The van der Waals surface area contributed by atoms with Crippen LogP contribution in [0.15, 0.2) is 35.8 Å². The summed E-state index contributed by atoms with van der Waals surface area (Å²) in [6.45, 7) is 7.43. The van der Waals surface area contributed by atoms with Crippen molar-refractivity contribution in [2.75, 3.05) is 7.11 Å². The van der Waals surface area contributed by atoms with Gasteiger partial charge >= 0.3 is 0 Å². The van der Waals surface area contributed by atoms with E-state index >= 15 is 0 Å². The molecule has 2 nitrogen and oxygen atoms in total. The lowest BCUT2D eigenvalue weighted by Crippen LogP contribution is -1.93. The summed E-state index contributed by atoms with van der Waals surface area (Å²) >= 11 is 0. The van der Waals surface area contributed by atoms with Gasteiger partial charge in [0.2, 0.25) is 0 Å². The van der Waals surface area contributed by atoms with Crippen molar-refractivity contribution < 1.29 is 9.84 Å². The summed E-state index contributed by atoms with van der Waals surface area (Å²) in [7, 11) is 1.49. The highest BCUT2D eigenvalue weighted by Gasteiger charge is 2.04. The number of aliphatic hydroxyl groups is 1. The molecule has 0 bridgehead atoms. The van der Waals surface area contributed by atoms with Gasteiger partial charge in [0.15, 0.2) is 11.5 Å². The number of aliphatic hydroxyl groups excluding tert-OH is 1. The van der Waals surface area contributed by atoms with Gasteiger partial charge in [-0.2, -0.15) is 0 Å². The van der Waals surface area contributed by atoms with E-state index in [2.05, 4.69) is 6.58 Å². The van der Waals surface area contributed by atoms with E-state index in [4.69, 9.17) is 4.74 Å². The van der Waals surface area contributed by atoms with Crippen LogP contribution in [-0.4, -0.2) is 12.2 Å². The maximum absolute atomic E-state index is 9.51. The van der Waals surface area contributed by atoms with Crippen LogP contribution in [0.5, 0.6) is 0 Å². The number of methoxy groups -OCH3 is 1. The number of allylic oxidation sites excluding steroid dienone is 3. The second-order valence-corrected chi connectivity index (χ2v) is 2.35. The van der Waals surface area contributed by atoms with Gasteiger partial charge in [0, 0.05) is 0 Å². The third-order valence-corrected chi connectivity index (χ3v) is 1.56.